The first-order valence-corrected chi connectivity index (χ1v) is 7.08. The summed E-state index contributed by atoms with van der Waals surface area (Å²) < 4.78 is 5.24. The third kappa shape index (κ3) is 2.22. The Balaban J connectivity index is 1.57. The molecule has 0 aliphatic heterocycles. The van der Waals surface area contributed by atoms with Gasteiger partial charge in [-0.1, -0.05) is 17.3 Å². The third-order valence-electron chi connectivity index (χ3n) is 3.85. The van der Waals surface area contributed by atoms with Crippen LogP contribution in [0.1, 0.15) is 42.7 Å². The van der Waals surface area contributed by atoms with Gasteiger partial charge < -0.3 is 9.51 Å². The van der Waals surface area contributed by atoms with E-state index in [1.165, 1.54) is 0 Å². The summed E-state index contributed by atoms with van der Waals surface area (Å²) in [5.41, 5.74) is 1.91. The maximum Gasteiger partial charge on any atom is 0.237 e. The van der Waals surface area contributed by atoms with Gasteiger partial charge in [-0.25, -0.2) is 4.98 Å². The number of hydrogen-bond acceptors (Lipinski definition) is 5. The van der Waals surface area contributed by atoms with Gasteiger partial charge in [-0.15, -0.1) is 0 Å². The van der Waals surface area contributed by atoms with E-state index in [2.05, 4.69) is 20.1 Å². The van der Waals surface area contributed by atoms with E-state index in [4.69, 9.17) is 4.52 Å². The van der Waals surface area contributed by atoms with Crippen molar-refractivity contribution < 1.29 is 9.32 Å². The van der Waals surface area contributed by atoms with E-state index in [-0.39, 0.29) is 11.7 Å². The lowest BCUT2D eigenvalue weighted by molar-refractivity contribution is -0.119. The number of benzene rings is 1. The number of imidazole rings is 1. The molecule has 6 heteroatoms. The second kappa shape index (κ2) is 4.80. The molecule has 0 bridgehead atoms. The molecule has 1 fully saturated rings. The van der Waals surface area contributed by atoms with Gasteiger partial charge in [0.25, 0.3) is 0 Å². The van der Waals surface area contributed by atoms with Crippen LogP contribution in [0.5, 0.6) is 0 Å². The Morgan fingerprint density at radius 3 is 3.00 bits per heavy atom. The summed E-state index contributed by atoms with van der Waals surface area (Å²) in [5, 5.41) is 3.96. The van der Waals surface area contributed by atoms with Crippen LogP contribution in [0.4, 0.5) is 0 Å². The SMILES string of the molecule is O=C1CCCC1c1nc(Cc2nc3ccccc3[nH]2)no1. The molecule has 106 valence electrons. The molecule has 1 N–H and O–H groups in total. The maximum atomic E-state index is 11.7. The summed E-state index contributed by atoms with van der Waals surface area (Å²) in [6.45, 7) is 0. The zero-order valence-electron chi connectivity index (χ0n) is 11.4. The molecule has 4 rings (SSSR count). The first kappa shape index (κ1) is 12.3. The van der Waals surface area contributed by atoms with E-state index in [1.807, 2.05) is 24.3 Å². The minimum Gasteiger partial charge on any atom is -0.342 e. The number of carbonyl (C=O) groups excluding carboxylic acids is 1. The Morgan fingerprint density at radius 2 is 2.19 bits per heavy atom. The number of fused-ring (bicyclic) bond motifs is 1. The van der Waals surface area contributed by atoms with Gasteiger partial charge in [0.15, 0.2) is 5.82 Å². The Morgan fingerprint density at radius 1 is 1.29 bits per heavy atom. The van der Waals surface area contributed by atoms with Crippen LogP contribution in [0.3, 0.4) is 0 Å². The van der Waals surface area contributed by atoms with E-state index in [0.29, 0.717) is 24.6 Å². The highest BCUT2D eigenvalue weighted by molar-refractivity contribution is 5.86. The highest BCUT2D eigenvalue weighted by Crippen LogP contribution is 2.30. The molecule has 1 saturated carbocycles. The van der Waals surface area contributed by atoms with E-state index in [9.17, 15) is 4.79 Å². The number of carbonyl (C=O) groups is 1. The van der Waals surface area contributed by atoms with Crippen LogP contribution in [0.15, 0.2) is 28.8 Å². The Kier molecular flexibility index (Phi) is 2.80. The lowest BCUT2D eigenvalue weighted by atomic mass is 10.1. The van der Waals surface area contributed by atoms with Crippen LogP contribution >= 0.6 is 0 Å². The highest BCUT2D eigenvalue weighted by atomic mass is 16.5. The van der Waals surface area contributed by atoms with E-state index in [1.54, 1.807) is 0 Å². The molecule has 2 heterocycles. The highest BCUT2D eigenvalue weighted by Gasteiger charge is 2.30. The van der Waals surface area contributed by atoms with Gasteiger partial charge in [-0.2, -0.15) is 4.98 Å². The van der Waals surface area contributed by atoms with Gasteiger partial charge in [0.2, 0.25) is 5.89 Å². The molecule has 0 radical (unpaired) electrons. The molecule has 1 aliphatic rings. The summed E-state index contributed by atoms with van der Waals surface area (Å²) in [6, 6.07) is 7.84. The van der Waals surface area contributed by atoms with Gasteiger partial charge in [-0.3, -0.25) is 4.79 Å². The number of hydrogen-bond donors (Lipinski definition) is 1. The van der Waals surface area contributed by atoms with Crippen LogP contribution in [0, 0.1) is 0 Å². The minimum atomic E-state index is -0.207. The summed E-state index contributed by atoms with van der Waals surface area (Å²) in [6.07, 6.45) is 2.81. The number of nitrogens with zero attached hydrogens (tertiary/aromatic N) is 3. The van der Waals surface area contributed by atoms with Crippen LogP contribution < -0.4 is 0 Å². The maximum absolute atomic E-state index is 11.7. The van der Waals surface area contributed by atoms with Crippen molar-refractivity contribution in [3.63, 3.8) is 0 Å². The largest absolute Gasteiger partial charge is 0.342 e. The fourth-order valence-corrected chi connectivity index (χ4v) is 2.80. The van der Waals surface area contributed by atoms with Crippen molar-refractivity contribution in [3.8, 4) is 0 Å². The lowest BCUT2D eigenvalue weighted by Gasteiger charge is -1.98. The topological polar surface area (TPSA) is 84.7 Å². The predicted octanol–water partition coefficient (Wildman–Crippen LogP) is 2.37. The average molecular weight is 282 g/mol. The van der Waals surface area contributed by atoms with Crippen LogP contribution in [-0.2, 0) is 11.2 Å². The zero-order valence-corrected chi connectivity index (χ0v) is 11.4. The number of para-hydroxylation sites is 2. The van der Waals surface area contributed by atoms with Crippen LogP contribution in [-0.4, -0.2) is 25.9 Å². The smallest absolute Gasteiger partial charge is 0.237 e. The molecule has 2 aromatic heterocycles. The lowest BCUT2D eigenvalue weighted by Crippen LogP contribution is -2.04. The Labute approximate surface area is 120 Å². The third-order valence-corrected chi connectivity index (χ3v) is 3.85. The van der Waals surface area contributed by atoms with Gasteiger partial charge >= 0.3 is 0 Å². The average Bonchev–Trinajstić information content (AvgIpc) is 3.17. The van der Waals surface area contributed by atoms with E-state index >= 15 is 0 Å². The van der Waals surface area contributed by atoms with Crippen LogP contribution in [0.25, 0.3) is 11.0 Å². The molecule has 1 unspecified atom stereocenters. The summed E-state index contributed by atoms with van der Waals surface area (Å²) in [5.74, 6) is 1.80. The number of rotatable bonds is 3. The Hall–Kier alpha value is -2.50. The molecule has 3 aromatic rings. The minimum absolute atomic E-state index is 0.203. The number of aromatic amines is 1. The number of ketones is 1. The molecule has 21 heavy (non-hydrogen) atoms. The number of H-pyrrole nitrogens is 1. The fourth-order valence-electron chi connectivity index (χ4n) is 2.80. The molecule has 1 atom stereocenters. The van der Waals surface area contributed by atoms with Crippen molar-refractivity contribution in [2.45, 2.75) is 31.6 Å². The number of nitrogens with one attached hydrogen (secondary N) is 1. The van der Waals surface area contributed by atoms with Crippen molar-refractivity contribution in [3.05, 3.63) is 41.8 Å². The summed E-state index contributed by atoms with van der Waals surface area (Å²) >= 11 is 0. The fraction of sp³-hybridized carbons (Fsp3) is 0.333. The quantitative estimate of drug-likeness (QED) is 0.797. The van der Waals surface area contributed by atoms with Gasteiger partial charge in [-0.05, 0) is 25.0 Å². The van der Waals surface area contributed by atoms with Crippen molar-refractivity contribution >= 4 is 16.8 Å². The molecule has 6 nitrogen and oxygen atoms in total. The monoisotopic (exact) mass is 282 g/mol. The molecule has 0 amide bonds. The second-order valence-corrected chi connectivity index (χ2v) is 5.34. The van der Waals surface area contributed by atoms with Gasteiger partial charge in [0.1, 0.15) is 11.6 Å². The zero-order chi connectivity index (χ0) is 14.2. The standard InChI is InChI=1S/C15H14N4O2/c20-12-7-3-4-9(12)15-18-14(19-21-15)8-13-16-10-5-1-2-6-11(10)17-13/h1-2,5-6,9H,3-4,7-8H2,(H,16,17). The Bertz CT molecular complexity index is 772. The van der Waals surface area contributed by atoms with Crippen molar-refractivity contribution in [1.29, 1.82) is 0 Å². The van der Waals surface area contributed by atoms with Crippen LogP contribution in [0.2, 0.25) is 0 Å². The number of aromatic nitrogens is 4. The molecular weight excluding hydrogens is 268 g/mol. The van der Waals surface area contributed by atoms with Crippen molar-refractivity contribution in [2.24, 2.45) is 0 Å². The molecule has 0 saturated heterocycles. The predicted molar refractivity (Wildman–Crippen MR) is 74.8 cm³/mol. The van der Waals surface area contributed by atoms with Gasteiger partial charge in [0.05, 0.1) is 23.4 Å². The van der Waals surface area contributed by atoms with E-state index in [0.717, 1.165) is 29.7 Å². The van der Waals surface area contributed by atoms with Crippen molar-refractivity contribution in [1.82, 2.24) is 20.1 Å². The normalized spacial score (nSPS) is 18.7. The van der Waals surface area contributed by atoms with Crippen molar-refractivity contribution in [2.75, 3.05) is 0 Å². The molecule has 1 aliphatic carbocycles. The summed E-state index contributed by atoms with van der Waals surface area (Å²) in [7, 11) is 0. The number of Topliss-reactive ketones (excluding diaryl/α,β-unsaturated/α-hetero) is 1. The summed E-state index contributed by atoms with van der Waals surface area (Å²) in [4.78, 5) is 23.8. The molecule has 0 spiro atoms. The second-order valence-electron chi connectivity index (χ2n) is 5.34. The molecular formula is C15H14N4O2. The molecule has 1 aromatic carbocycles. The van der Waals surface area contributed by atoms with E-state index < -0.39 is 0 Å². The van der Waals surface area contributed by atoms with Gasteiger partial charge in [0, 0.05) is 6.42 Å². The first-order valence-electron chi connectivity index (χ1n) is 7.08. The first-order chi connectivity index (χ1) is 10.3.